The third kappa shape index (κ3) is 3.35. The van der Waals surface area contributed by atoms with Gasteiger partial charge in [-0.05, 0) is 11.1 Å². The Morgan fingerprint density at radius 3 is 2.50 bits per heavy atom. The third-order valence-electron chi connectivity index (χ3n) is 3.20. The summed E-state index contributed by atoms with van der Waals surface area (Å²) in [6.07, 6.45) is 2.28. The molecule has 0 fully saturated rings. The molecule has 4 heteroatoms. The van der Waals surface area contributed by atoms with Gasteiger partial charge in [0.1, 0.15) is 0 Å². The lowest BCUT2D eigenvalue weighted by Crippen LogP contribution is -2.32. The van der Waals surface area contributed by atoms with E-state index in [0.717, 1.165) is 15.9 Å². The van der Waals surface area contributed by atoms with Crippen molar-refractivity contribution in [3.8, 4) is 11.1 Å². The molecule has 1 aromatic carbocycles. The van der Waals surface area contributed by atoms with Crippen LogP contribution >= 0.6 is 0 Å². The van der Waals surface area contributed by atoms with Gasteiger partial charge in [-0.3, -0.25) is 4.79 Å². The summed E-state index contributed by atoms with van der Waals surface area (Å²) in [5, 5.41) is 11.8. The van der Waals surface area contributed by atoms with Crippen molar-refractivity contribution < 1.29 is 9.52 Å². The van der Waals surface area contributed by atoms with Crippen LogP contribution in [-0.2, 0) is 11.2 Å². The van der Waals surface area contributed by atoms with Crippen LogP contribution in [0.4, 0.5) is 0 Å². The lowest BCUT2D eigenvalue weighted by Gasteiger charge is -2.10. The fourth-order valence-corrected chi connectivity index (χ4v) is 1.99. The van der Waals surface area contributed by atoms with Gasteiger partial charge in [-0.1, -0.05) is 30.3 Å². The second kappa shape index (κ2) is 6.19. The first-order valence-corrected chi connectivity index (χ1v) is 6.55. The molecule has 0 radical (unpaired) electrons. The van der Waals surface area contributed by atoms with Crippen LogP contribution in [0.25, 0.3) is 11.1 Å². The maximum Gasteiger partial charge on any atom is 0.222 e. The number of benzene rings is 1. The van der Waals surface area contributed by atoms with Crippen LogP contribution in [0.2, 0.25) is 0 Å². The zero-order valence-electron chi connectivity index (χ0n) is 11.7. The van der Waals surface area contributed by atoms with Gasteiger partial charge in [-0.15, -0.1) is 0 Å². The van der Waals surface area contributed by atoms with Gasteiger partial charge in [-0.25, -0.2) is 0 Å². The predicted octanol–water partition coefficient (Wildman–Crippen LogP) is 2.01. The van der Waals surface area contributed by atoms with E-state index in [0.29, 0.717) is 18.5 Å². The lowest BCUT2D eigenvalue weighted by atomic mass is 10.0. The van der Waals surface area contributed by atoms with Gasteiger partial charge < -0.3 is 10.1 Å². The average molecular weight is 270 g/mol. The van der Waals surface area contributed by atoms with Gasteiger partial charge in [0.25, 0.3) is 0 Å². The smallest absolute Gasteiger partial charge is 0.222 e. The van der Waals surface area contributed by atoms with Crippen molar-refractivity contribution in [1.29, 1.82) is 0 Å². The number of carbonyl (C=O) groups is 1. The third-order valence-corrected chi connectivity index (χ3v) is 3.20. The molecular formula is C16H18N2O2. The highest BCUT2D eigenvalue weighted by Gasteiger charge is 2.11. The van der Waals surface area contributed by atoms with Crippen molar-refractivity contribution in [3.05, 3.63) is 59.6 Å². The second-order valence-corrected chi connectivity index (χ2v) is 4.89. The number of aromatic nitrogens is 1. The Morgan fingerprint density at radius 1 is 1.15 bits per heavy atom. The van der Waals surface area contributed by atoms with Crippen LogP contribution in [0.3, 0.4) is 0 Å². The van der Waals surface area contributed by atoms with Crippen molar-refractivity contribution in [2.45, 2.75) is 12.8 Å². The molecule has 4 nitrogen and oxygen atoms in total. The number of amides is 1. The summed E-state index contributed by atoms with van der Waals surface area (Å²) in [6, 6.07) is 13.5. The summed E-state index contributed by atoms with van der Waals surface area (Å²) >= 11 is 0. The fourth-order valence-electron chi connectivity index (χ4n) is 1.99. The molecule has 0 bridgehead atoms. The molecule has 1 aromatic heterocycles. The number of rotatable bonds is 4. The summed E-state index contributed by atoms with van der Waals surface area (Å²) < 4.78 is 0.829. The molecule has 1 heterocycles. The van der Waals surface area contributed by atoms with Crippen molar-refractivity contribution in [3.63, 3.8) is 0 Å². The van der Waals surface area contributed by atoms with Crippen molar-refractivity contribution in [2.24, 2.45) is 0 Å². The second-order valence-electron chi connectivity index (χ2n) is 4.89. The fraction of sp³-hybridized carbons (Fsp3) is 0.250. The summed E-state index contributed by atoms with van der Waals surface area (Å²) in [5.41, 5.74) is 2.67. The first-order chi connectivity index (χ1) is 9.58. The highest BCUT2D eigenvalue weighted by Crippen LogP contribution is 2.18. The summed E-state index contributed by atoms with van der Waals surface area (Å²) in [7, 11) is 3.43. The van der Waals surface area contributed by atoms with Crippen LogP contribution in [0, 0.1) is 5.21 Å². The van der Waals surface area contributed by atoms with Gasteiger partial charge in [0.2, 0.25) is 5.91 Å². The lowest BCUT2D eigenvalue weighted by molar-refractivity contribution is -0.613. The monoisotopic (exact) mass is 270 g/mol. The SMILES string of the molecule is CN(C)C(=O)CCc1cc(-c2ccccc2)cc[n+]1[O-]. The highest BCUT2D eigenvalue weighted by atomic mass is 16.5. The highest BCUT2D eigenvalue weighted by molar-refractivity contribution is 5.75. The minimum Gasteiger partial charge on any atom is -0.619 e. The van der Waals surface area contributed by atoms with Gasteiger partial charge in [0, 0.05) is 39.1 Å². The molecule has 0 aliphatic rings. The molecular weight excluding hydrogens is 252 g/mol. The summed E-state index contributed by atoms with van der Waals surface area (Å²) in [5.74, 6) is 0.0233. The average Bonchev–Trinajstić information content (AvgIpc) is 2.47. The van der Waals surface area contributed by atoms with E-state index >= 15 is 0 Å². The number of carbonyl (C=O) groups excluding carboxylic acids is 1. The molecule has 0 unspecified atom stereocenters. The number of aryl methyl sites for hydroxylation is 1. The molecule has 0 aliphatic heterocycles. The van der Waals surface area contributed by atoms with Crippen molar-refractivity contribution >= 4 is 5.91 Å². The molecule has 0 saturated carbocycles. The molecule has 20 heavy (non-hydrogen) atoms. The predicted molar refractivity (Wildman–Crippen MR) is 77.9 cm³/mol. The first-order valence-electron chi connectivity index (χ1n) is 6.55. The minimum atomic E-state index is 0.0233. The van der Waals surface area contributed by atoms with Gasteiger partial charge in [0.15, 0.2) is 11.9 Å². The topological polar surface area (TPSA) is 47.2 Å². The van der Waals surface area contributed by atoms with E-state index in [2.05, 4.69) is 0 Å². The van der Waals surface area contributed by atoms with Crippen LogP contribution in [0.1, 0.15) is 12.1 Å². The molecule has 104 valence electrons. The van der Waals surface area contributed by atoms with Crippen LogP contribution < -0.4 is 4.73 Å². The zero-order valence-corrected chi connectivity index (χ0v) is 11.7. The van der Waals surface area contributed by atoms with Crippen LogP contribution in [0.5, 0.6) is 0 Å². The van der Waals surface area contributed by atoms with Gasteiger partial charge in [-0.2, -0.15) is 4.73 Å². The van der Waals surface area contributed by atoms with Gasteiger partial charge in [0.05, 0.1) is 0 Å². The summed E-state index contributed by atoms with van der Waals surface area (Å²) in [4.78, 5) is 13.1. The standard InChI is InChI=1S/C16H18N2O2/c1-17(2)16(19)9-8-15-12-14(10-11-18(15)20)13-6-4-3-5-7-13/h3-7,10-12H,8-9H2,1-2H3. The van der Waals surface area contributed by atoms with E-state index in [9.17, 15) is 10.0 Å². The Bertz CT molecular complexity index is 595. The zero-order chi connectivity index (χ0) is 14.5. The maximum absolute atomic E-state index is 11.8. The van der Waals surface area contributed by atoms with E-state index in [1.54, 1.807) is 20.2 Å². The van der Waals surface area contributed by atoms with E-state index in [1.807, 2.05) is 36.4 Å². The maximum atomic E-state index is 11.8. The van der Waals surface area contributed by atoms with E-state index in [1.165, 1.54) is 11.1 Å². The van der Waals surface area contributed by atoms with E-state index < -0.39 is 0 Å². The normalized spacial score (nSPS) is 10.3. The Kier molecular flexibility index (Phi) is 4.35. The molecule has 0 saturated heterocycles. The molecule has 0 N–H and O–H groups in total. The first kappa shape index (κ1) is 14.1. The number of hydrogen-bond donors (Lipinski definition) is 0. The number of nitrogens with zero attached hydrogens (tertiary/aromatic N) is 2. The van der Waals surface area contributed by atoms with Crippen LogP contribution in [-0.4, -0.2) is 24.9 Å². The van der Waals surface area contributed by atoms with E-state index in [-0.39, 0.29) is 5.91 Å². The number of pyridine rings is 1. The quantitative estimate of drug-likeness (QED) is 0.630. The van der Waals surface area contributed by atoms with E-state index in [4.69, 9.17) is 0 Å². The number of hydrogen-bond acceptors (Lipinski definition) is 2. The molecule has 0 aliphatic carbocycles. The minimum absolute atomic E-state index is 0.0233. The Labute approximate surface area is 118 Å². The Hall–Kier alpha value is -2.36. The van der Waals surface area contributed by atoms with Crippen molar-refractivity contribution in [2.75, 3.05) is 14.1 Å². The Morgan fingerprint density at radius 2 is 1.85 bits per heavy atom. The molecule has 1 amide bonds. The molecule has 0 spiro atoms. The molecule has 2 aromatic rings. The molecule has 2 rings (SSSR count). The Balaban J connectivity index is 2.19. The largest absolute Gasteiger partial charge is 0.619 e. The van der Waals surface area contributed by atoms with Crippen molar-refractivity contribution in [1.82, 2.24) is 4.90 Å². The molecule has 0 atom stereocenters. The van der Waals surface area contributed by atoms with Crippen LogP contribution in [0.15, 0.2) is 48.7 Å². The van der Waals surface area contributed by atoms with Gasteiger partial charge >= 0.3 is 0 Å². The summed E-state index contributed by atoms with van der Waals surface area (Å²) in [6.45, 7) is 0.